The molecule has 252 valence electrons. The first-order valence-electron chi connectivity index (χ1n) is 16.9. The van der Waals surface area contributed by atoms with Crippen LogP contribution in [0.15, 0.2) is 24.2 Å². The standard InChI is InChI=1S/C32H35F6N7O2/c1-17-8-21(39)24(34)22(23(17)32(36,37)38)27-25(35)26-20(11-40-27)28(44-13-19-4-6-30(14-44,43-19)15-46-2)42-29(41-26)47-16-31-5-3-7-45(31)12-18(9-31)10-33/h8,10-11,19,43H,3-7,9,12-16,39H2,1-2H3/b18-10+/t19?,30?,31-/m0/s1/i2D3. The van der Waals surface area contributed by atoms with Crippen LogP contribution in [-0.2, 0) is 10.9 Å². The molecule has 1 aromatic carbocycles. The molecule has 2 bridgehead atoms. The maximum atomic E-state index is 16.7. The van der Waals surface area contributed by atoms with E-state index in [-0.39, 0.29) is 43.0 Å². The number of methoxy groups -OCH3 is 1. The van der Waals surface area contributed by atoms with Crippen molar-refractivity contribution in [3.05, 3.63) is 46.9 Å². The molecule has 4 saturated heterocycles. The SMILES string of the molecule is [2H]C([2H])([2H])OCC12CCC(CN(c3nc(OC[C@@]45CCCN4C/C(=C/F)C5)nc4c(F)c(-c5c(F)c(N)cc(C)c5C(F)(F)F)ncc34)C1)N2. The smallest absolute Gasteiger partial charge is 0.417 e. The summed E-state index contributed by atoms with van der Waals surface area (Å²) in [7, 11) is -2.64. The van der Waals surface area contributed by atoms with E-state index < -0.39 is 69.5 Å². The van der Waals surface area contributed by atoms with Crippen molar-refractivity contribution in [1.29, 1.82) is 0 Å². The highest BCUT2D eigenvalue weighted by molar-refractivity contribution is 5.92. The second-order valence-corrected chi connectivity index (χ2v) is 13.2. The maximum absolute atomic E-state index is 16.7. The largest absolute Gasteiger partial charge is 0.461 e. The molecular formula is C32H35F6N7O2. The lowest BCUT2D eigenvalue weighted by Gasteiger charge is -2.41. The zero-order valence-corrected chi connectivity index (χ0v) is 25.5. The van der Waals surface area contributed by atoms with Crippen molar-refractivity contribution in [2.75, 3.05) is 57.1 Å². The van der Waals surface area contributed by atoms with E-state index in [2.05, 4.69) is 25.2 Å². The predicted molar refractivity (Wildman–Crippen MR) is 163 cm³/mol. The van der Waals surface area contributed by atoms with Gasteiger partial charge < -0.3 is 25.4 Å². The molecule has 7 rings (SSSR count). The van der Waals surface area contributed by atoms with Crippen molar-refractivity contribution < 1.29 is 39.9 Å². The highest BCUT2D eigenvalue weighted by atomic mass is 19.4. The number of nitrogens with one attached hydrogen (secondary N) is 1. The number of rotatable bonds is 7. The molecule has 2 unspecified atom stereocenters. The number of ether oxygens (including phenoxy) is 2. The van der Waals surface area contributed by atoms with Crippen LogP contribution >= 0.6 is 0 Å². The Morgan fingerprint density at radius 2 is 2.04 bits per heavy atom. The molecule has 2 aromatic heterocycles. The number of anilines is 2. The second kappa shape index (κ2) is 11.5. The van der Waals surface area contributed by atoms with Crippen LogP contribution in [0.3, 0.4) is 0 Å². The number of nitrogens with zero attached hydrogens (tertiary/aromatic N) is 5. The number of nitrogen functional groups attached to an aromatic ring is 1. The van der Waals surface area contributed by atoms with E-state index in [9.17, 15) is 17.6 Å². The van der Waals surface area contributed by atoms with Crippen molar-refractivity contribution in [1.82, 2.24) is 25.2 Å². The van der Waals surface area contributed by atoms with Gasteiger partial charge in [-0.2, -0.15) is 23.1 Å². The van der Waals surface area contributed by atoms with Gasteiger partial charge in [0.05, 0.1) is 50.3 Å². The zero-order valence-electron chi connectivity index (χ0n) is 28.5. The molecule has 6 heterocycles. The van der Waals surface area contributed by atoms with Gasteiger partial charge in [0, 0.05) is 38.9 Å². The van der Waals surface area contributed by atoms with Crippen molar-refractivity contribution in [2.45, 2.75) is 62.3 Å². The Kier molecular flexibility index (Phi) is 6.92. The minimum absolute atomic E-state index is 0.0190. The number of alkyl halides is 3. The minimum Gasteiger partial charge on any atom is -0.461 e. The van der Waals surface area contributed by atoms with Crippen LogP contribution in [0.4, 0.5) is 37.8 Å². The molecule has 0 aliphatic carbocycles. The molecular weight excluding hydrogens is 628 g/mol. The molecule has 3 atom stereocenters. The summed E-state index contributed by atoms with van der Waals surface area (Å²) >= 11 is 0. The highest BCUT2D eigenvalue weighted by Crippen LogP contribution is 2.45. The average molecular weight is 667 g/mol. The Hall–Kier alpha value is -3.69. The number of hydrogen-bond donors (Lipinski definition) is 2. The van der Waals surface area contributed by atoms with Gasteiger partial charge in [0.2, 0.25) is 0 Å². The van der Waals surface area contributed by atoms with Crippen LogP contribution < -0.4 is 20.7 Å². The Balaban J connectivity index is 1.35. The Morgan fingerprint density at radius 1 is 1.21 bits per heavy atom. The van der Waals surface area contributed by atoms with Crippen LogP contribution in [-0.4, -0.2) is 83.4 Å². The number of fused-ring (bicyclic) bond motifs is 4. The van der Waals surface area contributed by atoms with Crippen LogP contribution in [0.2, 0.25) is 0 Å². The fraction of sp³-hybridized carbons (Fsp3) is 0.531. The van der Waals surface area contributed by atoms with Gasteiger partial charge in [-0.15, -0.1) is 0 Å². The first-order chi connectivity index (χ1) is 23.5. The molecule has 4 aliphatic rings. The van der Waals surface area contributed by atoms with Gasteiger partial charge in [-0.05, 0) is 62.8 Å². The van der Waals surface area contributed by atoms with Crippen molar-refractivity contribution in [3.63, 3.8) is 0 Å². The number of pyridine rings is 1. The fourth-order valence-corrected chi connectivity index (χ4v) is 8.01. The lowest BCUT2D eigenvalue weighted by Crippen LogP contribution is -2.61. The van der Waals surface area contributed by atoms with E-state index in [1.54, 1.807) is 4.90 Å². The van der Waals surface area contributed by atoms with Gasteiger partial charge in [0.15, 0.2) is 11.6 Å². The summed E-state index contributed by atoms with van der Waals surface area (Å²) in [4.78, 5) is 16.9. The number of halogens is 6. The average Bonchev–Trinajstić information content (AvgIpc) is 3.69. The van der Waals surface area contributed by atoms with Crippen molar-refractivity contribution in [3.8, 4) is 17.3 Å². The Morgan fingerprint density at radius 3 is 2.81 bits per heavy atom. The fourth-order valence-electron chi connectivity index (χ4n) is 8.01. The molecule has 3 N–H and O–H groups in total. The number of benzene rings is 1. The van der Waals surface area contributed by atoms with Gasteiger partial charge >= 0.3 is 12.2 Å². The topological polar surface area (TPSA) is 102 Å². The summed E-state index contributed by atoms with van der Waals surface area (Å²) in [5.74, 6) is -2.67. The third-order valence-electron chi connectivity index (χ3n) is 10.0. The Bertz CT molecular complexity index is 1880. The first-order valence-corrected chi connectivity index (χ1v) is 15.4. The molecule has 15 heteroatoms. The van der Waals surface area contributed by atoms with Crippen molar-refractivity contribution in [2.24, 2.45) is 0 Å². The van der Waals surface area contributed by atoms with Gasteiger partial charge in [0.1, 0.15) is 23.6 Å². The third kappa shape index (κ3) is 5.35. The van der Waals surface area contributed by atoms with E-state index in [1.165, 1.54) is 0 Å². The molecule has 3 aromatic rings. The van der Waals surface area contributed by atoms with Gasteiger partial charge in [-0.25, -0.2) is 13.2 Å². The predicted octanol–water partition coefficient (Wildman–Crippen LogP) is 5.31. The molecule has 0 amide bonds. The van der Waals surface area contributed by atoms with Crippen LogP contribution in [0.1, 0.15) is 47.3 Å². The maximum Gasteiger partial charge on any atom is 0.417 e. The Labute approximate surface area is 271 Å². The number of aromatic nitrogens is 3. The molecule has 0 saturated carbocycles. The first kappa shape index (κ1) is 28.3. The summed E-state index contributed by atoms with van der Waals surface area (Å²) in [5.41, 5.74) is -0.0256. The van der Waals surface area contributed by atoms with E-state index in [4.69, 9.17) is 19.3 Å². The molecule has 9 nitrogen and oxygen atoms in total. The number of piperazine rings is 1. The number of hydrogen-bond acceptors (Lipinski definition) is 9. The van der Waals surface area contributed by atoms with Gasteiger partial charge in [0.25, 0.3) is 0 Å². The summed E-state index contributed by atoms with van der Waals surface area (Å²) in [6.07, 6.45) is -0.178. The quantitative estimate of drug-likeness (QED) is 0.257. The molecule has 47 heavy (non-hydrogen) atoms. The normalized spacial score (nSPS) is 28.1. The summed E-state index contributed by atoms with van der Waals surface area (Å²) in [6.45, 7) is 2.65. The lowest BCUT2D eigenvalue weighted by atomic mass is 9.94. The van der Waals surface area contributed by atoms with E-state index in [0.717, 1.165) is 32.2 Å². The number of aryl methyl sites for hydroxylation is 1. The summed E-state index contributed by atoms with van der Waals surface area (Å²) < 4.78 is 122. The molecule has 0 spiro atoms. The van der Waals surface area contributed by atoms with E-state index in [0.29, 0.717) is 50.7 Å². The van der Waals surface area contributed by atoms with Crippen LogP contribution in [0.25, 0.3) is 22.2 Å². The van der Waals surface area contributed by atoms with Crippen LogP contribution in [0.5, 0.6) is 6.01 Å². The third-order valence-corrected chi connectivity index (χ3v) is 10.0. The van der Waals surface area contributed by atoms with E-state index in [1.807, 2.05) is 0 Å². The van der Waals surface area contributed by atoms with Crippen molar-refractivity contribution >= 4 is 22.4 Å². The number of nitrogens with two attached hydrogens (primary N) is 1. The minimum atomic E-state index is -5.08. The molecule has 4 fully saturated rings. The van der Waals surface area contributed by atoms with Gasteiger partial charge in [-0.3, -0.25) is 9.88 Å². The summed E-state index contributed by atoms with van der Waals surface area (Å²) in [6, 6.07) is 0.418. The monoisotopic (exact) mass is 666 g/mol. The highest BCUT2D eigenvalue weighted by Gasteiger charge is 2.48. The van der Waals surface area contributed by atoms with E-state index >= 15 is 8.78 Å². The summed E-state index contributed by atoms with van der Waals surface area (Å²) in [5, 5.41) is 3.45. The second-order valence-electron chi connectivity index (χ2n) is 13.2. The van der Waals surface area contributed by atoms with Crippen LogP contribution in [0, 0.1) is 18.6 Å². The zero-order chi connectivity index (χ0) is 35.8. The van der Waals surface area contributed by atoms with Gasteiger partial charge in [-0.1, -0.05) is 0 Å². The molecule has 4 aliphatic heterocycles. The lowest BCUT2D eigenvalue weighted by molar-refractivity contribution is -0.137. The molecule has 0 radical (unpaired) electrons.